The average molecular weight is 480 g/mol. The topological polar surface area (TPSA) is 0 Å². The van der Waals surface area contributed by atoms with Crippen LogP contribution in [-0.2, 0) is 32.3 Å². The van der Waals surface area contributed by atoms with E-state index in [1.807, 2.05) is 18.2 Å². The van der Waals surface area contributed by atoms with Crippen molar-refractivity contribution < 1.29 is 50.7 Å². The molecule has 0 N–H and O–H groups in total. The Labute approximate surface area is 158 Å². The van der Waals surface area contributed by atoms with Gasteiger partial charge < -0.3 is 24.8 Å². The van der Waals surface area contributed by atoms with E-state index in [1.165, 1.54) is 22.3 Å². The SMILES string of the molecule is [C-]1=CC=CC1.[Cl-].[Cl-].[Hf+4].[c-]1cccc2c1Cc1ccccc1-2. The monoisotopic (exact) mass is 480 g/mol. The fourth-order valence-corrected chi connectivity index (χ4v) is 2.34. The summed E-state index contributed by atoms with van der Waals surface area (Å²) in [5, 5.41) is 0. The molecule has 0 unspecified atom stereocenters. The van der Waals surface area contributed by atoms with Crippen LogP contribution in [0.1, 0.15) is 17.5 Å². The minimum Gasteiger partial charge on any atom is -1.00 e. The van der Waals surface area contributed by atoms with Crippen LogP contribution in [-0.4, -0.2) is 0 Å². The standard InChI is InChI=1S/C13H9.C5H5.2ClH.Hf/c1-3-7-12-10(5-1)9-11-6-2-4-8-13(11)12;1-2-4-5-3-1;;;/h1-5,7-8H,9H2;1-3H,4H2;2*1H;/q2*-1;;;+4/p-2. The third kappa shape index (κ3) is 4.95. The summed E-state index contributed by atoms with van der Waals surface area (Å²) < 4.78 is 0. The first-order valence-electron chi connectivity index (χ1n) is 6.25. The van der Waals surface area contributed by atoms with Gasteiger partial charge in [-0.05, 0) is 6.42 Å². The first-order chi connectivity index (χ1) is 8.95. The van der Waals surface area contributed by atoms with E-state index in [0.717, 1.165) is 12.8 Å². The Bertz CT molecular complexity index is 565. The van der Waals surface area contributed by atoms with Crippen LogP contribution < -0.4 is 24.8 Å². The Morgan fingerprint density at radius 3 is 2.33 bits per heavy atom. The van der Waals surface area contributed by atoms with Gasteiger partial charge in [-0.15, -0.1) is 12.0 Å². The minimum atomic E-state index is 0. The van der Waals surface area contributed by atoms with Crippen molar-refractivity contribution in [2.75, 3.05) is 0 Å². The molecule has 0 atom stereocenters. The van der Waals surface area contributed by atoms with Gasteiger partial charge in [-0.3, -0.25) is 6.08 Å². The second-order valence-electron chi connectivity index (χ2n) is 4.40. The molecule has 2 aliphatic carbocycles. The minimum absolute atomic E-state index is 0. The molecule has 21 heavy (non-hydrogen) atoms. The number of fused-ring (bicyclic) bond motifs is 3. The van der Waals surface area contributed by atoms with Crippen molar-refractivity contribution in [3.8, 4) is 11.1 Å². The molecule has 0 spiro atoms. The van der Waals surface area contributed by atoms with Gasteiger partial charge in [0, 0.05) is 0 Å². The van der Waals surface area contributed by atoms with Crippen molar-refractivity contribution in [3.63, 3.8) is 0 Å². The van der Waals surface area contributed by atoms with Crippen LogP contribution in [0, 0.1) is 12.1 Å². The Morgan fingerprint density at radius 1 is 0.905 bits per heavy atom. The summed E-state index contributed by atoms with van der Waals surface area (Å²) in [5.41, 5.74) is 5.51. The quantitative estimate of drug-likeness (QED) is 0.268. The summed E-state index contributed by atoms with van der Waals surface area (Å²) in [4.78, 5) is 0. The maximum Gasteiger partial charge on any atom is 4.00 e. The molecule has 0 amide bonds. The van der Waals surface area contributed by atoms with Gasteiger partial charge in [-0.25, -0.2) is 12.2 Å². The van der Waals surface area contributed by atoms with Crippen molar-refractivity contribution >= 4 is 0 Å². The number of allylic oxidation sites excluding steroid dienone is 4. The molecule has 0 aliphatic heterocycles. The summed E-state index contributed by atoms with van der Waals surface area (Å²) in [6, 6.07) is 18.1. The number of benzene rings is 2. The second-order valence-corrected chi connectivity index (χ2v) is 4.40. The van der Waals surface area contributed by atoms with E-state index < -0.39 is 0 Å². The fourth-order valence-electron chi connectivity index (χ4n) is 2.34. The van der Waals surface area contributed by atoms with E-state index in [9.17, 15) is 0 Å². The van der Waals surface area contributed by atoms with Crippen LogP contribution in [0.5, 0.6) is 0 Å². The van der Waals surface area contributed by atoms with Crippen LogP contribution in [0.15, 0.2) is 60.7 Å². The molecule has 4 rings (SSSR count). The molecule has 0 fully saturated rings. The van der Waals surface area contributed by atoms with Crippen LogP contribution in [0.4, 0.5) is 0 Å². The number of rotatable bonds is 0. The van der Waals surface area contributed by atoms with Gasteiger partial charge in [0.15, 0.2) is 0 Å². The average Bonchev–Trinajstić information content (AvgIpc) is 3.10. The molecular formula is C18H14Cl2Hf. The summed E-state index contributed by atoms with van der Waals surface area (Å²) in [5.74, 6) is 0. The molecule has 0 heterocycles. The third-order valence-electron chi connectivity index (χ3n) is 3.20. The molecule has 2 aromatic rings. The predicted octanol–water partition coefficient (Wildman–Crippen LogP) is -1.63. The van der Waals surface area contributed by atoms with Gasteiger partial charge in [0.1, 0.15) is 0 Å². The molecule has 0 saturated carbocycles. The van der Waals surface area contributed by atoms with Gasteiger partial charge in [-0.2, -0.15) is 35.9 Å². The first kappa shape index (κ1) is 20.4. The first-order valence-corrected chi connectivity index (χ1v) is 6.25. The molecule has 0 radical (unpaired) electrons. The number of halogens is 2. The van der Waals surface area contributed by atoms with E-state index in [0.29, 0.717) is 0 Å². The van der Waals surface area contributed by atoms with Crippen molar-refractivity contribution in [2.24, 2.45) is 0 Å². The molecular weight excluding hydrogens is 466 g/mol. The molecule has 0 saturated heterocycles. The Balaban J connectivity index is 0.000000437. The second kappa shape index (κ2) is 10.2. The third-order valence-corrected chi connectivity index (χ3v) is 3.20. The van der Waals surface area contributed by atoms with E-state index in [4.69, 9.17) is 0 Å². The van der Waals surface area contributed by atoms with Gasteiger partial charge >= 0.3 is 25.8 Å². The van der Waals surface area contributed by atoms with E-state index in [1.54, 1.807) is 0 Å². The van der Waals surface area contributed by atoms with Crippen LogP contribution >= 0.6 is 0 Å². The molecule has 3 heteroatoms. The van der Waals surface area contributed by atoms with Crippen molar-refractivity contribution in [3.05, 3.63) is 84.0 Å². The summed E-state index contributed by atoms with van der Waals surface area (Å²) in [7, 11) is 0. The van der Waals surface area contributed by atoms with Gasteiger partial charge in [0.2, 0.25) is 0 Å². The summed E-state index contributed by atoms with van der Waals surface area (Å²) in [6.07, 6.45) is 11.0. The molecule has 104 valence electrons. The number of hydrogen-bond donors (Lipinski definition) is 0. The zero-order valence-corrected chi connectivity index (χ0v) is 16.5. The fraction of sp³-hybridized carbons (Fsp3) is 0.111. The summed E-state index contributed by atoms with van der Waals surface area (Å²) >= 11 is 0. The molecule has 0 nitrogen and oxygen atoms in total. The normalized spacial score (nSPS) is 11.8. The molecule has 2 aliphatic rings. The van der Waals surface area contributed by atoms with E-state index in [-0.39, 0.29) is 50.7 Å². The zero-order valence-electron chi connectivity index (χ0n) is 11.4. The van der Waals surface area contributed by atoms with Gasteiger partial charge in [0.25, 0.3) is 0 Å². The molecule has 0 bridgehead atoms. The van der Waals surface area contributed by atoms with Crippen LogP contribution in [0.2, 0.25) is 0 Å². The largest absolute Gasteiger partial charge is 4.00 e. The smallest absolute Gasteiger partial charge is 1.00 e. The van der Waals surface area contributed by atoms with E-state index in [2.05, 4.69) is 54.6 Å². The Hall–Kier alpha value is -0.630. The van der Waals surface area contributed by atoms with Crippen molar-refractivity contribution in [1.82, 2.24) is 0 Å². The molecule has 0 aromatic heterocycles. The maximum atomic E-state index is 3.30. The predicted molar refractivity (Wildman–Crippen MR) is 75.1 cm³/mol. The number of hydrogen-bond acceptors (Lipinski definition) is 0. The molecule has 2 aromatic carbocycles. The van der Waals surface area contributed by atoms with Crippen LogP contribution in [0.25, 0.3) is 11.1 Å². The van der Waals surface area contributed by atoms with E-state index >= 15 is 0 Å². The Kier molecular flexibility index (Phi) is 9.85. The van der Waals surface area contributed by atoms with Crippen molar-refractivity contribution in [2.45, 2.75) is 12.8 Å². The van der Waals surface area contributed by atoms with Gasteiger partial charge in [0.05, 0.1) is 0 Å². The van der Waals surface area contributed by atoms with Gasteiger partial charge in [-0.1, -0.05) is 35.4 Å². The van der Waals surface area contributed by atoms with Crippen LogP contribution in [0.3, 0.4) is 0 Å². The zero-order chi connectivity index (χ0) is 12.2. The Morgan fingerprint density at radius 2 is 1.67 bits per heavy atom. The maximum absolute atomic E-state index is 3.30. The summed E-state index contributed by atoms with van der Waals surface area (Å²) in [6.45, 7) is 0. The van der Waals surface area contributed by atoms with Crippen molar-refractivity contribution in [1.29, 1.82) is 0 Å².